The van der Waals surface area contributed by atoms with Gasteiger partial charge in [-0.1, -0.05) is 30.3 Å². The van der Waals surface area contributed by atoms with Crippen molar-refractivity contribution in [2.24, 2.45) is 0 Å². The number of carbonyl (C=O) groups is 1. The number of rotatable bonds is 4. The fourth-order valence-corrected chi connectivity index (χ4v) is 1.14. The molecule has 0 fully saturated rings. The molecule has 1 rings (SSSR count). The molecule has 1 aromatic carbocycles. The smallest absolute Gasteiger partial charge is 1.00 e. The van der Waals surface area contributed by atoms with Gasteiger partial charge in [-0.15, -0.1) is 11.6 Å². The number of nitrogens with one attached hydrogen (secondary N) is 1. The Bertz CT molecular complexity index is 289. The van der Waals surface area contributed by atoms with E-state index < -0.39 is 0 Å². The molecule has 0 spiro atoms. The van der Waals surface area contributed by atoms with Crippen LogP contribution in [0.4, 0.5) is 0 Å². The Morgan fingerprint density at radius 1 is 1.12 bits per heavy atom. The van der Waals surface area contributed by atoms with Gasteiger partial charge in [0.25, 0.3) is 0 Å². The van der Waals surface area contributed by atoms with Gasteiger partial charge < -0.3 is 11.0 Å². The fraction of sp³-hybridized carbons (Fsp3) is 0.300. The fourth-order valence-electron chi connectivity index (χ4n) is 0.971. The SMILES string of the molecule is O=C(CCCl)NCc1ccccc1.[H-].[H-].[H-].[H-].[Na+].[Na+].[Na+].[Na+]. The summed E-state index contributed by atoms with van der Waals surface area (Å²) in [5.41, 5.74) is 1.10. The van der Waals surface area contributed by atoms with Crippen molar-refractivity contribution in [3.05, 3.63) is 35.9 Å². The number of benzene rings is 1. The number of hydrogen-bond donors (Lipinski definition) is 1. The first-order valence-electron chi connectivity index (χ1n) is 4.19. The van der Waals surface area contributed by atoms with E-state index in [1.807, 2.05) is 30.3 Å². The number of hydrogen-bond acceptors (Lipinski definition) is 1. The van der Waals surface area contributed by atoms with E-state index in [9.17, 15) is 4.79 Å². The number of alkyl halides is 1. The summed E-state index contributed by atoms with van der Waals surface area (Å²) in [5, 5.41) is 2.78. The van der Waals surface area contributed by atoms with E-state index in [1.165, 1.54) is 0 Å². The average molecular weight is 294 g/mol. The second kappa shape index (κ2) is 19.0. The first-order chi connectivity index (χ1) is 6.33. The van der Waals surface area contributed by atoms with Crippen molar-refractivity contribution in [2.45, 2.75) is 13.0 Å². The maximum Gasteiger partial charge on any atom is 1.00 e. The summed E-state index contributed by atoms with van der Waals surface area (Å²) < 4.78 is 0. The molecule has 0 unspecified atom stereocenters. The largest absolute Gasteiger partial charge is 1.00 e. The van der Waals surface area contributed by atoms with Crippen molar-refractivity contribution in [1.82, 2.24) is 5.32 Å². The molecule has 0 saturated carbocycles. The minimum absolute atomic E-state index is 0. The molecule has 0 heterocycles. The molecule has 2 nitrogen and oxygen atoms in total. The summed E-state index contributed by atoms with van der Waals surface area (Å²) in [6, 6.07) is 9.79. The van der Waals surface area contributed by atoms with Gasteiger partial charge in [0.1, 0.15) is 0 Å². The van der Waals surface area contributed by atoms with E-state index in [2.05, 4.69) is 5.32 Å². The summed E-state index contributed by atoms with van der Waals surface area (Å²) in [5.74, 6) is 0.375. The maximum absolute atomic E-state index is 11.0. The van der Waals surface area contributed by atoms with Crippen LogP contribution in [0.25, 0.3) is 0 Å². The predicted octanol–water partition coefficient (Wildman–Crippen LogP) is -9.60. The molecule has 0 aromatic heterocycles. The summed E-state index contributed by atoms with van der Waals surface area (Å²) in [6.07, 6.45) is 0.383. The molecule has 0 aliphatic rings. The summed E-state index contributed by atoms with van der Waals surface area (Å²) in [7, 11) is 0. The molecule has 0 radical (unpaired) electrons. The van der Waals surface area contributed by atoms with E-state index in [1.54, 1.807) is 0 Å². The zero-order chi connectivity index (χ0) is 9.52. The Morgan fingerprint density at radius 3 is 2.12 bits per heavy atom. The third-order valence-electron chi connectivity index (χ3n) is 1.65. The Morgan fingerprint density at radius 2 is 1.65 bits per heavy atom. The van der Waals surface area contributed by atoms with Crippen molar-refractivity contribution in [2.75, 3.05) is 5.88 Å². The average Bonchev–Trinajstić information content (AvgIpc) is 2.17. The molecule has 17 heavy (non-hydrogen) atoms. The van der Waals surface area contributed by atoms with E-state index in [0.717, 1.165) is 5.56 Å². The van der Waals surface area contributed by atoms with Gasteiger partial charge in [-0.05, 0) is 5.56 Å². The van der Waals surface area contributed by atoms with Crippen LogP contribution in [-0.4, -0.2) is 11.8 Å². The van der Waals surface area contributed by atoms with E-state index >= 15 is 0 Å². The third-order valence-corrected chi connectivity index (χ3v) is 1.84. The molecular formula is C10H16ClNNa4O. The minimum atomic E-state index is -0.00106. The molecule has 1 N–H and O–H groups in total. The topological polar surface area (TPSA) is 29.1 Å². The molecule has 1 aromatic rings. The van der Waals surface area contributed by atoms with Gasteiger partial charge in [0.05, 0.1) is 0 Å². The summed E-state index contributed by atoms with van der Waals surface area (Å²) in [6.45, 7) is 0.580. The number of halogens is 1. The van der Waals surface area contributed by atoms with Crippen LogP contribution in [0.2, 0.25) is 0 Å². The monoisotopic (exact) mass is 293 g/mol. The van der Waals surface area contributed by atoms with Crippen molar-refractivity contribution in [3.63, 3.8) is 0 Å². The predicted molar refractivity (Wildman–Crippen MR) is 58.1 cm³/mol. The minimum Gasteiger partial charge on any atom is -1.00 e. The van der Waals surface area contributed by atoms with Crippen molar-refractivity contribution in [3.8, 4) is 0 Å². The van der Waals surface area contributed by atoms with Crippen molar-refractivity contribution >= 4 is 17.5 Å². The maximum atomic E-state index is 11.0. The zero-order valence-electron chi connectivity index (χ0n) is 15.3. The first kappa shape index (κ1) is 28.2. The van der Waals surface area contributed by atoms with Crippen LogP contribution in [-0.2, 0) is 11.3 Å². The van der Waals surface area contributed by atoms with Crippen LogP contribution in [0.5, 0.6) is 0 Å². The van der Waals surface area contributed by atoms with Crippen LogP contribution in [0.15, 0.2) is 30.3 Å². The van der Waals surface area contributed by atoms with E-state index in [-0.39, 0.29) is 130 Å². The van der Waals surface area contributed by atoms with Crippen LogP contribution in [0, 0.1) is 0 Å². The van der Waals surface area contributed by atoms with Gasteiger partial charge in [0.2, 0.25) is 5.91 Å². The quantitative estimate of drug-likeness (QED) is 0.434. The first-order valence-corrected chi connectivity index (χ1v) is 4.73. The van der Waals surface area contributed by atoms with Crippen LogP contribution < -0.4 is 124 Å². The van der Waals surface area contributed by atoms with Crippen LogP contribution >= 0.6 is 11.6 Å². The standard InChI is InChI=1S/C10H12ClNO.4Na.4H/c11-7-6-10(13)12-8-9-4-2-1-3-5-9;;;;;;;;/h1-5H,6-8H2,(H,12,13);;;;;;;;/q;4*+1;4*-1. The third kappa shape index (κ3) is 15.2. The summed E-state index contributed by atoms with van der Waals surface area (Å²) >= 11 is 5.42. The van der Waals surface area contributed by atoms with Gasteiger partial charge >= 0.3 is 118 Å². The molecule has 0 aliphatic carbocycles. The zero-order valence-corrected chi connectivity index (χ0v) is 20.1. The molecule has 0 saturated heterocycles. The molecule has 78 valence electrons. The molecule has 0 atom stereocenters. The normalized spacial score (nSPS) is 7.35. The molecule has 1 amide bonds. The molecule has 0 bridgehead atoms. The summed E-state index contributed by atoms with van der Waals surface area (Å²) in [4.78, 5) is 11.0. The van der Waals surface area contributed by atoms with Gasteiger partial charge in [0, 0.05) is 18.8 Å². The van der Waals surface area contributed by atoms with E-state index in [4.69, 9.17) is 11.6 Å². The van der Waals surface area contributed by atoms with E-state index in [0.29, 0.717) is 18.8 Å². The number of carbonyl (C=O) groups excluding carboxylic acids is 1. The van der Waals surface area contributed by atoms with Crippen LogP contribution in [0.3, 0.4) is 0 Å². The Labute approximate surface area is 202 Å². The van der Waals surface area contributed by atoms with Gasteiger partial charge in [-0.2, -0.15) is 0 Å². The number of amides is 1. The van der Waals surface area contributed by atoms with Gasteiger partial charge in [-0.25, -0.2) is 0 Å². The van der Waals surface area contributed by atoms with Crippen molar-refractivity contribution < 1.29 is 129 Å². The second-order valence-corrected chi connectivity index (χ2v) is 3.08. The molecular weight excluding hydrogens is 278 g/mol. The van der Waals surface area contributed by atoms with Gasteiger partial charge in [-0.3, -0.25) is 4.79 Å². The van der Waals surface area contributed by atoms with Gasteiger partial charge in [0.15, 0.2) is 0 Å². The Balaban J connectivity index is -0.0000000352. The second-order valence-electron chi connectivity index (χ2n) is 2.70. The Hall–Kier alpha value is 2.98. The van der Waals surface area contributed by atoms with Crippen LogP contribution in [0.1, 0.15) is 17.7 Å². The molecule has 0 aliphatic heterocycles. The molecule has 7 heteroatoms. The Kier molecular flexibility index (Phi) is 31.5. The van der Waals surface area contributed by atoms with Crippen molar-refractivity contribution in [1.29, 1.82) is 0 Å².